The summed E-state index contributed by atoms with van der Waals surface area (Å²) in [7, 11) is 3.21. The number of carbonyl (C=O) groups excluding carboxylic acids is 1. The van der Waals surface area contributed by atoms with Gasteiger partial charge in [-0.2, -0.15) is 5.10 Å². The Labute approximate surface area is 152 Å². The maximum absolute atomic E-state index is 12.8. The number of rotatable bonds is 5. The largest absolute Gasteiger partial charge is 0.493 e. The Morgan fingerprint density at radius 1 is 1.15 bits per heavy atom. The average molecular weight is 357 g/mol. The van der Waals surface area contributed by atoms with Gasteiger partial charge in [0.2, 0.25) is 0 Å². The van der Waals surface area contributed by atoms with Crippen LogP contribution in [0.1, 0.15) is 35.0 Å². The highest BCUT2D eigenvalue weighted by Crippen LogP contribution is 2.33. The van der Waals surface area contributed by atoms with E-state index in [1.165, 1.54) is 16.8 Å². The molecule has 7 heteroatoms. The number of hydrogen-bond donors (Lipinski definition) is 0. The summed E-state index contributed by atoms with van der Waals surface area (Å²) in [6.45, 7) is 3.53. The van der Waals surface area contributed by atoms with E-state index < -0.39 is 0 Å². The van der Waals surface area contributed by atoms with Gasteiger partial charge in [-0.3, -0.25) is 9.59 Å². The summed E-state index contributed by atoms with van der Waals surface area (Å²) in [5, 5.41) is 4.22. The number of carbonyl (C=O) groups is 1. The standard InChI is InChI=1S/C19H23N3O4/c1-4-8-22-18(23)6-5-15(20-22)19(24)21-9-7-13-10-16(25-2)17(26-3)11-14(13)12-21/h5-6,10-11H,4,7-9,12H2,1-3H3. The average Bonchev–Trinajstić information content (AvgIpc) is 2.67. The number of ether oxygens (including phenoxy) is 2. The van der Waals surface area contributed by atoms with Crippen LogP contribution in [0.5, 0.6) is 11.5 Å². The third-order valence-corrected chi connectivity index (χ3v) is 4.53. The second-order valence-corrected chi connectivity index (χ2v) is 6.23. The van der Waals surface area contributed by atoms with Gasteiger partial charge >= 0.3 is 0 Å². The Hall–Kier alpha value is -2.83. The highest BCUT2D eigenvalue weighted by Gasteiger charge is 2.24. The molecule has 1 aliphatic heterocycles. The summed E-state index contributed by atoms with van der Waals surface area (Å²) >= 11 is 0. The van der Waals surface area contributed by atoms with E-state index >= 15 is 0 Å². The van der Waals surface area contributed by atoms with Crippen LogP contribution in [-0.4, -0.2) is 41.4 Å². The lowest BCUT2D eigenvalue weighted by Crippen LogP contribution is -2.37. The Bertz CT molecular complexity index is 876. The van der Waals surface area contributed by atoms with Gasteiger partial charge in [0.05, 0.1) is 14.2 Å². The molecule has 1 aliphatic rings. The van der Waals surface area contributed by atoms with Crippen LogP contribution in [-0.2, 0) is 19.5 Å². The number of aromatic nitrogens is 2. The molecule has 138 valence electrons. The summed E-state index contributed by atoms with van der Waals surface area (Å²) in [6, 6.07) is 6.79. The Balaban J connectivity index is 1.85. The van der Waals surface area contributed by atoms with Crippen LogP contribution in [0.25, 0.3) is 0 Å². The maximum Gasteiger partial charge on any atom is 0.274 e. The maximum atomic E-state index is 12.8. The van der Waals surface area contributed by atoms with Crippen molar-refractivity contribution >= 4 is 5.91 Å². The highest BCUT2D eigenvalue weighted by molar-refractivity contribution is 5.92. The molecule has 0 atom stereocenters. The van der Waals surface area contributed by atoms with Crippen LogP contribution < -0.4 is 15.0 Å². The minimum Gasteiger partial charge on any atom is -0.493 e. The molecular formula is C19H23N3O4. The fourth-order valence-corrected chi connectivity index (χ4v) is 3.15. The predicted molar refractivity (Wildman–Crippen MR) is 96.8 cm³/mol. The molecule has 0 aliphatic carbocycles. The molecule has 0 saturated heterocycles. The number of hydrogen-bond acceptors (Lipinski definition) is 5. The zero-order valence-electron chi connectivity index (χ0n) is 15.3. The molecule has 0 saturated carbocycles. The lowest BCUT2D eigenvalue weighted by atomic mass is 9.98. The first-order valence-corrected chi connectivity index (χ1v) is 8.68. The van der Waals surface area contributed by atoms with Crippen molar-refractivity contribution in [2.75, 3.05) is 20.8 Å². The first-order chi connectivity index (χ1) is 12.6. The number of benzene rings is 1. The number of aryl methyl sites for hydroxylation is 1. The lowest BCUT2D eigenvalue weighted by molar-refractivity contribution is 0.0725. The first-order valence-electron chi connectivity index (χ1n) is 8.68. The molecule has 7 nitrogen and oxygen atoms in total. The van der Waals surface area contributed by atoms with Crippen molar-refractivity contribution in [3.63, 3.8) is 0 Å². The normalized spacial score (nSPS) is 13.3. The van der Waals surface area contributed by atoms with E-state index in [2.05, 4.69) is 5.10 Å². The molecule has 3 rings (SSSR count). The number of amides is 1. The molecule has 1 amide bonds. The molecule has 0 bridgehead atoms. The fourth-order valence-electron chi connectivity index (χ4n) is 3.15. The summed E-state index contributed by atoms with van der Waals surface area (Å²) in [6.07, 6.45) is 1.51. The lowest BCUT2D eigenvalue weighted by Gasteiger charge is -2.29. The second kappa shape index (κ2) is 7.59. The van der Waals surface area contributed by atoms with Crippen LogP contribution in [0.2, 0.25) is 0 Å². The molecule has 0 fully saturated rings. The molecule has 2 aromatic rings. The summed E-state index contributed by atoms with van der Waals surface area (Å²) < 4.78 is 12.1. The van der Waals surface area contributed by atoms with E-state index in [1.807, 2.05) is 19.1 Å². The molecule has 1 aromatic heterocycles. The highest BCUT2D eigenvalue weighted by atomic mass is 16.5. The molecule has 0 radical (unpaired) electrons. The zero-order chi connectivity index (χ0) is 18.7. The van der Waals surface area contributed by atoms with E-state index in [9.17, 15) is 9.59 Å². The Kier molecular flexibility index (Phi) is 5.25. The molecular weight excluding hydrogens is 334 g/mol. The summed E-state index contributed by atoms with van der Waals surface area (Å²) in [5.74, 6) is 1.17. The molecule has 0 spiro atoms. The first kappa shape index (κ1) is 18.0. The van der Waals surface area contributed by atoms with Crippen molar-refractivity contribution in [3.05, 3.63) is 51.4 Å². The van der Waals surface area contributed by atoms with Crippen LogP contribution in [0, 0.1) is 0 Å². The summed E-state index contributed by atoms with van der Waals surface area (Å²) in [4.78, 5) is 26.4. The predicted octanol–water partition coefficient (Wildman–Crippen LogP) is 1.87. The van der Waals surface area contributed by atoms with Crippen molar-refractivity contribution in [2.24, 2.45) is 0 Å². The topological polar surface area (TPSA) is 73.7 Å². The van der Waals surface area contributed by atoms with Crippen molar-refractivity contribution < 1.29 is 14.3 Å². The monoisotopic (exact) mass is 357 g/mol. The van der Waals surface area contributed by atoms with Gasteiger partial charge in [0.1, 0.15) is 5.69 Å². The number of fused-ring (bicyclic) bond motifs is 1. The van der Waals surface area contributed by atoms with Crippen molar-refractivity contribution in [1.29, 1.82) is 0 Å². The van der Waals surface area contributed by atoms with E-state index in [4.69, 9.17) is 9.47 Å². The van der Waals surface area contributed by atoms with E-state index in [0.717, 1.165) is 24.0 Å². The van der Waals surface area contributed by atoms with Crippen molar-refractivity contribution in [1.82, 2.24) is 14.7 Å². The zero-order valence-corrected chi connectivity index (χ0v) is 15.3. The minimum atomic E-state index is -0.191. The van der Waals surface area contributed by atoms with E-state index in [-0.39, 0.29) is 11.5 Å². The minimum absolute atomic E-state index is 0.171. The van der Waals surface area contributed by atoms with Gasteiger partial charge in [-0.15, -0.1) is 0 Å². The smallest absolute Gasteiger partial charge is 0.274 e. The van der Waals surface area contributed by atoms with Crippen molar-refractivity contribution in [2.45, 2.75) is 32.9 Å². The summed E-state index contributed by atoms with van der Waals surface area (Å²) in [5.41, 5.74) is 2.28. The SMILES string of the molecule is CCCn1nc(C(=O)N2CCc3cc(OC)c(OC)cc3C2)ccc1=O. The van der Waals surface area contributed by atoms with Gasteiger partial charge in [-0.25, -0.2) is 4.68 Å². The third kappa shape index (κ3) is 3.42. The molecule has 2 heterocycles. The second-order valence-electron chi connectivity index (χ2n) is 6.23. The molecule has 1 aromatic carbocycles. The Morgan fingerprint density at radius 3 is 2.50 bits per heavy atom. The fraction of sp³-hybridized carbons (Fsp3) is 0.421. The van der Waals surface area contributed by atoms with Gasteiger partial charge in [-0.1, -0.05) is 6.92 Å². The van der Waals surface area contributed by atoms with Crippen LogP contribution in [0.4, 0.5) is 0 Å². The van der Waals surface area contributed by atoms with Gasteiger partial charge in [-0.05, 0) is 42.2 Å². The van der Waals surface area contributed by atoms with Gasteiger partial charge in [0, 0.05) is 25.7 Å². The van der Waals surface area contributed by atoms with Crippen LogP contribution in [0.3, 0.4) is 0 Å². The van der Waals surface area contributed by atoms with Crippen molar-refractivity contribution in [3.8, 4) is 11.5 Å². The van der Waals surface area contributed by atoms with E-state index in [0.29, 0.717) is 36.8 Å². The molecule has 26 heavy (non-hydrogen) atoms. The molecule has 0 N–H and O–H groups in total. The van der Waals surface area contributed by atoms with Crippen LogP contribution >= 0.6 is 0 Å². The number of nitrogens with zero attached hydrogens (tertiary/aromatic N) is 3. The van der Waals surface area contributed by atoms with Crippen LogP contribution in [0.15, 0.2) is 29.1 Å². The number of methoxy groups -OCH3 is 2. The molecule has 0 unspecified atom stereocenters. The van der Waals surface area contributed by atoms with Gasteiger partial charge in [0.25, 0.3) is 11.5 Å². The van der Waals surface area contributed by atoms with Gasteiger partial charge < -0.3 is 14.4 Å². The third-order valence-electron chi connectivity index (χ3n) is 4.53. The van der Waals surface area contributed by atoms with Gasteiger partial charge in [0.15, 0.2) is 11.5 Å². The Morgan fingerprint density at radius 2 is 1.85 bits per heavy atom. The van der Waals surface area contributed by atoms with E-state index in [1.54, 1.807) is 19.1 Å². The quantitative estimate of drug-likeness (QED) is 0.817.